The molecule has 122 valence electrons. The second kappa shape index (κ2) is 5.64. The van der Waals surface area contributed by atoms with Gasteiger partial charge in [0.1, 0.15) is 5.75 Å². The number of benzene rings is 1. The normalized spacial score (nSPS) is 12.9. The first-order chi connectivity index (χ1) is 9.84. The molecular formula is C13H10F6O3. The molecule has 1 rings (SSSR count). The van der Waals surface area contributed by atoms with Crippen LogP contribution in [0.25, 0.3) is 6.08 Å². The maximum absolute atomic E-state index is 12.9. The zero-order chi connectivity index (χ0) is 17.3. The van der Waals surface area contributed by atoms with Crippen molar-refractivity contribution in [3.8, 4) is 5.75 Å². The zero-order valence-corrected chi connectivity index (χ0v) is 11.0. The average Bonchev–Trinajstić information content (AvgIpc) is 2.34. The first kappa shape index (κ1) is 18.0. The molecule has 0 radical (unpaired) electrons. The molecule has 0 aromatic heterocycles. The lowest BCUT2D eigenvalue weighted by Crippen LogP contribution is -2.54. The van der Waals surface area contributed by atoms with Gasteiger partial charge in [-0.3, -0.25) is 4.79 Å². The predicted octanol–water partition coefficient (Wildman–Crippen LogP) is 3.57. The third-order valence-electron chi connectivity index (χ3n) is 2.72. The summed E-state index contributed by atoms with van der Waals surface area (Å²) in [5.41, 5.74) is -7.26. The highest BCUT2D eigenvalue weighted by atomic mass is 19.4. The van der Waals surface area contributed by atoms with Crippen molar-refractivity contribution in [3.05, 3.63) is 35.9 Å². The summed E-state index contributed by atoms with van der Waals surface area (Å²) in [4.78, 5) is 10.8. The van der Waals surface area contributed by atoms with E-state index >= 15 is 0 Å². The number of hydrogen-bond donors (Lipinski definition) is 1. The van der Waals surface area contributed by atoms with Crippen LogP contribution in [0.15, 0.2) is 24.8 Å². The number of alkyl halides is 6. The smallest absolute Gasteiger partial charge is 0.427 e. The van der Waals surface area contributed by atoms with Gasteiger partial charge in [0, 0.05) is 12.5 Å². The Morgan fingerprint density at radius 1 is 1.18 bits per heavy atom. The third kappa shape index (κ3) is 3.08. The fourth-order valence-corrected chi connectivity index (χ4v) is 1.72. The van der Waals surface area contributed by atoms with Crippen LogP contribution in [-0.4, -0.2) is 23.4 Å². The lowest BCUT2D eigenvalue weighted by atomic mass is 9.88. The molecule has 9 heteroatoms. The Morgan fingerprint density at radius 2 is 1.68 bits per heavy atom. The molecule has 0 heterocycles. The molecule has 0 saturated carbocycles. The van der Waals surface area contributed by atoms with Gasteiger partial charge in [-0.25, -0.2) is 0 Å². The molecule has 1 aromatic carbocycles. The van der Waals surface area contributed by atoms with Crippen LogP contribution in [-0.2, 0) is 10.4 Å². The van der Waals surface area contributed by atoms with Gasteiger partial charge in [0.15, 0.2) is 0 Å². The van der Waals surface area contributed by atoms with E-state index in [1.54, 1.807) is 0 Å². The number of rotatable bonds is 3. The van der Waals surface area contributed by atoms with Crippen LogP contribution < -0.4 is 4.74 Å². The van der Waals surface area contributed by atoms with Gasteiger partial charge >= 0.3 is 18.3 Å². The SMILES string of the molecule is C=Cc1ccc(OC(C)=O)cc1C(O)(C(F)(F)F)C(F)(F)F. The highest BCUT2D eigenvalue weighted by Crippen LogP contribution is 2.51. The third-order valence-corrected chi connectivity index (χ3v) is 2.72. The highest BCUT2D eigenvalue weighted by Gasteiger charge is 2.72. The summed E-state index contributed by atoms with van der Waals surface area (Å²) >= 11 is 0. The Balaban J connectivity index is 3.67. The molecule has 0 spiro atoms. The summed E-state index contributed by atoms with van der Waals surface area (Å²) in [5.74, 6) is -1.51. The van der Waals surface area contributed by atoms with E-state index in [4.69, 9.17) is 0 Å². The van der Waals surface area contributed by atoms with Crippen molar-refractivity contribution in [2.75, 3.05) is 0 Å². The maximum atomic E-state index is 12.9. The summed E-state index contributed by atoms with van der Waals surface area (Å²) in [5, 5.41) is 9.39. The minimum absolute atomic E-state index is 0.305. The Bertz CT molecular complexity index is 574. The van der Waals surface area contributed by atoms with E-state index in [-0.39, 0.29) is 0 Å². The molecule has 1 N–H and O–H groups in total. The Kier molecular flexibility index (Phi) is 4.62. The molecule has 0 saturated heterocycles. The molecule has 0 aliphatic rings. The molecule has 0 aliphatic heterocycles. The second-order valence-electron chi connectivity index (χ2n) is 4.25. The number of aliphatic hydroxyl groups is 1. The molecule has 3 nitrogen and oxygen atoms in total. The number of hydrogen-bond acceptors (Lipinski definition) is 3. The number of halogens is 6. The lowest BCUT2D eigenvalue weighted by molar-refractivity contribution is -0.376. The van der Waals surface area contributed by atoms with Crippen LogP contribution >= 0.6 is 0 Å². The minimum Gasteiger partial charge on any atom is -0.427 e. The number of ether oxygens (including phenoxy) is 1. The van der Waals surface area contributed by atoms with Gasteiger partial charge in [-0.15, -0.1) is 0 Å². The van der Waals surface area contributed by atoms with E-state index in [9.17, 15) is 36.2 Å². The molecule has 22 heavy (non-hydrogen) atoms. The second-order valence-corrected chi connectivity index (χ2v) is 4.25. The first-order valence-corrected chi connectivity index (χ1v) is 5.65. The van der Waals surface area contributed by atoms with E-state index in [0.717, 1.165) is 25.1 Å². The Labute approximate surface area is 120 Å². The van der Waals surface area contributed by atoms with E-state index in [1.165, 1.54) is 0 Å². The van der Waals surface area contributed by atoms with E-state index < -0.39 is 40.8 Å². The zero-order valence-electron chi connectivity index (χ0n) is 11.0. The van der Waals surface area contributed by atoms with Gasteiger partial charge in [0.05, 0.1) is 0 Å². The van der Waals surface area contributed by atoms with Crippen molar-refractivity contribution in [2.45, 2.75) is 24.9 Å². The Hall–Kier alpha value is -2.03. The van der Waals surface area contributed by atoms with Crippen molar-refractivity contribution in [2.24, 2.45) is 0 Å². The van der Waals surface area contributed by atoms with Crippen LogP contribution in [0.2, 0.25) is 0 Å². The van der Waals surface area contributed by atoms with Gasteiger partial charge in [-0.05, 0) is 17.7 Å². The van der Waals surface area contributed by atoms with Gasteiger partial charge in [-0.2, -0.15) is 26.3 Å². The summed E-state index contributed by atoms with van der Waals surface area (Å²) in [6.45, 7) is 4.02. The standard InChI is InChI=1S/C13H10F6O3/c1-3-8-4-5-9(22-7(2)20)6-10(8)11(21,12(14,15)16)13(17,18)19/h3-6,21H,1H2,2H3. The summed E-state index contributed by atoms with van der Waals surface area (Å²) in [6.07, 6.45) is -11.4. The summed E-state index contributed by atoms with van der Waals surface area (Å²) < 4.78 is 81.8. The number of carbonyl (C=O) groups is 1. The predicted molar refractivity (Wildman–Crippen MR) is 63.8 cm³/mol. The Morgan fingerprint density at radius 3 is 2.05 bits per heavy atom. The van der Waals surface area contributed by atoms with Crippen LogP contribution in [0.5, 0.6) is 5.75 Å². The molecule has 0 bridgehead atoms. The fourth-order valence-electron chi connectivity index (χ4n) is 1.72. The fraction of sp³-hybridized carbons (Fsp3) is 0.308. The number of carbonyl (C=O) groups excluding carboxylic acids is 1. The van der Waals surface area contributed by atoms with Gasteiger partial charge in [0.2, 0.25) is 0 Å². The summed E-state index contributed by atoms with van der Waals surface area (Å²) in [6, 6.07) is 2.11. The molecule has 0 aliphatic carbocycles. The molecular weight excluding hydrogens is 318 g/mol. The average molecular weight is 328 g/mol. The van der Waals surface area contributed by atoms with Gasteiger partial charge in [-0.1, -0.05) is 18.7 Å². The molecule has 0 amide bonds. The van der Waals surface area contributed by atoms with E-state index in [2.05, 4.69) is 11.3 Å². The van der Waals surface area contributed by atoms with Crippen molar-refractivity contribution in [3.63, 3.8) is 0 Å². The first-order valence-electron chi connectivity index (χ1n) is 5.65. The van der Waals surface area contributed by atoms with E-state index in [0.29, 0.717) is 6.07 Å². The van der Waals surface area contributed by atoms with Crippen LogP contribution in [0.4, 0.5) is 26.3 Å². The van der Waals surface area contributed by atoms with Gasteiger partial charge in [0.25, 0.3) is 5.60 Å². The van der Waals surface area contributed by atoms with Crippen LogP contribution in [0, 0.1) is 0 Å². The monoisotopic (exact) mass is 328 g/mol. The van der Waals surface area contributed by atoms with Crippen molar-refractivity contribution in [1.82, 2.24) is 0 Å². The molecule has 0 unspecified atom stereocenters. The van der Waals surface area contributed by atoms with Crippen LogP contribution in [0.1, 0.15) is 18.1 Å². The maximum Gasteiger partial charge on any atom is 0.430 e. The van der Waals surface area contributed by atoms with Crippen molar-refractivity contribution < 1.29 is 41.0 Å². The van der Waals surface area contributed by atoms with Crippen molar-refractivity contribution >= 4 is 12.0 Å². The number of esters is 1. The topological polar surface area (TPSA) is 46.5 Å². The molecule has 1 aromatic rings. The molecule has 0 atom stereocenters. The largest absolute Gasteiger partial charge is 0.430 e. The minimum atomic E-state index is -6.04. The van der Waals surface area contributed by atoms with Crippen molar-refractivity contribution in [1.29, 1.82) is 0 Å². The molecule has 0 fully saturated rings. The van der Waals surface area contributed by atoms with E-state index in [1.807, 2.05) is 0 Å². The highest BCUT2D eigenvalue weighted by molar-refractivity contribution is 5.70. The van der Waals surface area contributed by atoms with Gasteiger partial charge < -0.3 is 9.84 Å². The van der Waals surface area contributed by atoms with Crippen LogP contribution in [0.3, 0.4) is 0 Å². The lowest BCUT2D eigenvalue weighted by Gasteiger charge is -2.33. The quantitative estimate of drug-likeness (QED) is 0.524. The summed E-state index contributed by atoms with van der Waals surface area (Å²) in [7, 11) is 0.